The fourth-order valence-corrected chi connectivity index (χ4v) is 1.62. The fraction of sp³-hybridized carbons (Fsp3) is 0.200. The molecule has 2 N–H and O–H groups in total. The Bertz CT molecular complexity index is 535. The molecular formula is C15H16FNO. The van der Waals surface area contributed by atoms with Gasteiger partial charge in [0, 0.05) is 6.04 Å². The van der Waals surface area contributed by atoms with Crippen molar-refractivity contribution in [2.75, 3.05) is 0 Å². The van der Waals surface area contributed by atoms with Crippen molar-refractivity contribution < 1.29 is 9.13 Å². The zero-order valence-corrected chi connectivity index (χ0v) is 10.5. The van der Waals surface area contributed by atoms with Gasteiger partial charge in [0.15, 0.2) is 11.6 Å². The van der Waals surface area contributed by atoms with Gasteiger partial charge in [-0.05, 0) is 43.7 Å². The molecule has 2 nitrogen and oxygen atoms in total. The van der Waals surface area contributed by atoms with E-state index in [9.17, 15) is 4.39 Å². The van der Waals surface area contributed by atoms with Crippen LogP contribution in [0.5, 0.6) is 11.5 Å². The number of ether oxygens (including phenoxy) is 1. The van der Waals surface area contributed by atoms with E-state index in [2.05, 4.69) is 0 Å². The van der Waals surface area contributed by atoms with Gasteiger partial charge in [0.25, 0.3) is 0 Å². The fourth-order valence-electron chi connectivity index (χ4n) is 1.62. The Morgan fingerprint density at radius 2 is 1.78 bits per heavy atom. The van der Waals surface area contributed by atoms with Gasteiger partial charge in [-0.1, -0.05) is 23.8 Å². The molecule has 0 radical (unpaired) electrons. The normalized spacial score (nSPS) is 12.2. The molecule has 0 aliphatic rings. The summed E-state index contributed by atoms with van der Waals surface area (Å²) in [6.07, 6.45) is 0. The van der Waals surface area contributed by atoms with Crippen molar-refractivity contribution in [3.8, 4) is 11.5 Å². The van der Waals surface area contributed by atoms with Gasteiger partial charge in [0.2, 0.25) is 0 Å². The Morgan fingerprint density at radius 1 is 1.11 bits per heavy atom. The second-order valence-electron chi connectivity index (χ2n) is 4.39. The first-order valence-electron chi connectivity index (χ1n) is 5.86. The molecule has 2 aromatic carbocycles. The Kier molecular flexibility index (Phi) is 3.63. The van der Waals surface area contributed by atoms with E-state index in [1.165, 1.54) is 6.07 Å². The number of hydrogen-bond acceptors (Lipinski definition) is 2. The highest BCUT2D eigenvalue weighted by molar-refractivity contribution is 5.36. The molecule has 94 valence electrons. The molecule has 2 aromatic rings. The average molecular weight is 245 g/mol. The van der Waals surface area contributed by atoms with Crippen LogP contribution in [0.3, 0.4) is 0 Å². The van der Waals surface area contributed by atoms with Crippen molar-refractivity contribution in [3.63, 3.8) is 0 Å². The van der Waals surface area contributed by atoms with Crippen molar-refractivity contribution >= 4 is 0 Å². The molecule has 0 saturated heterocycles. The lowest BCUT2D eigenvalue weighted by molar-refractivity contribution is 0.441. The minimum absolute atomic E-state index is 0.187. The van der Waals surface area contributed by atoms with Crippen LogP contribution in [0.15, 0.2) is 42.5 Å². The van der Waals surface area contributed by atoms with Crippen LogP contribution in [0, 0.1) is 12.7 Å². The van der Waals surface area contributed by atoms with Crippen LogP contribution in [0.4, 0.5) is 4.39 Å². The Hall–Kier alpha value is -1.87. The van der Waals surface area contributed by atoms with E-state index in [0.717, 1.165) is 11.1 Å². The summed E-state index contributed by atoms with van der Waals surface area (Å²) in [5, 5.41) is 0. The maximum atomic E-state index is 13.8. The minimum Gasteiger partial charge on any atom is -0.454 e. The summed E-state index contributed by atoms with van der Waals surface area (Å²) in [5.74, 6) is 0.432. The molecule has 0 heterocycles. The maximum absolute atomic E-state index is 13.8. The van der Waals surface area contributed by atoms with E-state index in [0.29, 0.717) is 5.75 Å². The molecule has 0 amide bonds. The van der Waals surface area contributed by atoms with Crippen molar-refractivity contribution in [3.05, 3.63) is 59.4 Å². The molecule has 18 heavy (non-hydrogen) atoms. The van der Waals surface area contributed by atoms with Gasteiger partial charge in [-0.2, -0.15) is 0 Å². The summed E-state index contributed by atoms with van der Waals surface area (Å²) in [5.41, 5.74) is 7.58. The summed E-state index contributed by atoms with van der Waals surface area (Å²) in [6, 6.07) is 12.1. The summed E-state index contributed by atoms with van der Waals surface area (Å²) < 4.78 is 19.3. The van der Waals surface area contributed by atoms with Gasteiger partial charge in [-0.15, -0.1) is 0 Å². The molecule has 0 aliphatic carbocycles. The highest BCUT2D eigenvalue weighted by Gasteiger charge is 2.08. The average Bonchev–Trinajstić information content (AvgIpc) is 2.34. The first-order valence-corrected chi connectivity index (χ1v) is 5.86. The maximum Gasteiger partial charge on any atom is 0.166 e. The Labute approximate surface area is 106 Å². The number of halogens is 1. The molecule has 0 fully saturated rings. The van der Waals surface area contributed by atoms with Crippen LogP contribution in [0.2, 0.25) is 0 Å². The second-order valence-corrected chi connectivity index (χ2v) is 4.39. The standard InChI is InChI=1S/C15H16FNO/c1-10-3-6-13(7-4-10)18-15-8-5-12(11(2)17)9-14(15)16/h3-9,11H,17H2,1-2H3/t11-/m0/s1. The van der Waals surface area contributed by atoms with Crippen LogP contribution in [-0.2, 0) is 0 Å². The van der Waals surface area contributed by atoms with Crippen molar-refractivity contribution in [1.29, 1.82) is 0 Å². The molecule has 2 rings (SSSR count). The third-order valence-corrected chi connectivity index (χ3v) is 2.73. The minimum atomic E-state index is -0.398. The number of nitrogens with two attached hydrogens (primary N) is 1. The van der Waals surface area contributed by atoms with E-state index in [-0.39, 0.29) is 11.8 Å². The quantitative estimate of drug-likeness (QED) is 0.888. The number of benzene rings is 2. The molecule has 0 spiro atoms. The van der Waals surface area contributed by atoms with E-state index >= 15 is 0 Å². The number of hydrogen-bond donors (Lipinski definition) is 1. The summed E-state index contributed by atoms with van der Waals surface area (Å²) >= 11 is 0. The van der Waals surface area contributed by atoms with Gasteiger partial charge in [0.05, 0.1) is 0 Å². The third-order valence-electron chi connectivity index (χ3n) is 2.73. The molecule has 0 bridgehead atoms. The second kappa shape index (κ2) is 5.19. The van der Waals surface area contributed by atoms with Gasteiger partial charge in [-0.25, -0.2) is 4.39 Å². The van der Waals surface area contributed by atoms with Crippen molar-refractivity contribution in [2.24, 2.45) is 5.73 Å². The zero-order chi connectivity index (χ0) is 13.1. The predicted molar refractivity (Wildman–Crippen MR) is 70.3 cm³/mol. The van der Waals surface area contributed by atoms with E-state index in [1.54, 1.807) is 12.1 Å². The Morgan fingerprint density at radius 3 is 2.33 bits per heavy atom. The van der Waals surface area contributed by atoms with Gasteiger partial charge in [-0.3, -0.25) is 0 Å². The summed E-state index contributed by atoms with van der Waals surface area (Å²) in [6.45, 7) is 3.80. The van der Waals surface area contributed by atoms with Gasteiger partial charge in [0.1, 0.15) is 5.75 Å². The van der Waals surface area contributed by atoms with Crippen LogP contribution in [0.25, 0.3) is 0 Å². The topological polar surface area (TPSA) is 35.2 Å². The summed E-state index contributed by atoms with van der Waals surface area (Å²) in [4.78, 5) is 0. The molecule has 0 aromatic heterocycles. The third kappa shape index (κ3) is 2.87. The van der Waals surface area contributed by atoms with E-state index in [4.69, 9.17) is 10.5 Å². The number of aryl methyl sites for hydroxylation is 1. The van der Waals surface area contributed by atoms with E-state index in [1.807, 2.05) is 38.1 Å². The number of rotatable bonds is 3. The largest absolute Gasteiger partial charge is 0.454 e. The SMILES string of the molecule is Cc1ccc(Oc2ccc([C@H](C)N)cc2F)cc1. The van der Waals surface area contributed by atoms with Crippen LogP contribution >= 0.6 is 0 Å². The lowest BCUT2D eigenvalue weighted by Gasteiger charge is -2.10. The van der Waals surface area contributed by atoms with Gasteiger partial charge < -0.3 is 10.5 Å². The van der Waals surface area contributed by atoms with Crippen LogP contribution in [-0.4, -0.2) is 0 Å². The molecule has 3 heteroatoms. The first kappa shape index (κ1) is 12.6. The lowest BCUT2D eigenvalue weighted by Crippen LogP contribution is -2.05. The molecule has 0 unspecified atom stereocenters. The van der Waals surface area contributed by atoms with Crippen LogP contribution < -0.4 is 10.5 Å². The molecular weight excluding hydrogens is 229 g/mol. The highest BCUT2D eigenvalue weighted by atomic mass is 19.1. The van der Waals surface area contributed by atoms with Gasteiger partial charge >= 0.3 is 0 Å². The van der Waals surface area contributed by atoms with Crippen LogP contribution in [0.1, 0.15) is 24.1 Å². The monoisotopic (exact) mass is 245 g/mol. The first-order chi connectivity index (χ1) is 8.56. The van der Waals surface area contributed by atoms with E-state index < -0.39 is 5.82 Å². The molecule has 0 aliphatic heterocycles. The summed E-state index contributed by atoms with van der Waals surface area (Å²) in [7, 11) is 0. The highest BCUT2D eigenvalue weighted by Crippen LogP contribution is 2.26. The van der Waals surface area contributed by atoms with Crippen molar-refractivity contribution in [2.45, 2.75) is 19.9 Å². The molecule has 1 atom stereocenters. The smallest absolute Gasteiger partial charge is 0.166 e. The zero-order valence-electron chi connectivity index (χ0n) is 10.5. The predicted octanol–water partition coefficient (Wildman–Crippen LogP) is 3.95. The Balaban J connectivity index is 2.22. The lowest BCUT2D eigenvalue weighted by atomic mass is 10.1. The molecule has 0 saturated carbocycles. The van der Waals surface area contributed by atoms with Crippen molar-refractivity contribution in [1.82, 2.24) is 0 Å².